The van der Waals surface area contributed by atoms with Gasteiger partial charge >= 0.3 is 38.5 Å². The standard InChI is InChI=1S/C16H14.BrH.ClH.Ti/c1-12-10-14-8-5-9-15(16(14)11-12)13-6-3-2-4-7-13;;;/h2-9,11H,10H2,1H3;2*1H;/q;;;+2/p-2. The Bertz CT molecular complexity index is 579. The van der Waals surface area contributed by atoms with Gasteiger partial charge in [0.25, 0.3) is 0 Å². The first-order valence-electron chi connectivity index (χ1n) is 6.07. The predicted octanol–water partition coefficient (Wildman–Crippen LogP) is 5.85. The molecule has 0 fully saturated rings. The van der Waals surface area contributed by atoms with E-state index in [2.05, 4.69) is 74.7 Å². The fourth-order valence-electron chi connectivity index (χ4n) is 2.40. The Morgan fingerprint density at radius 3 is 2.42 bits per heavy atom. The second-order valence-electron chi connectivity index (χ2n) is 4.48. The van der Waals surface area contributed by atoms with Crippen molar-refractivity contribution in [1.82, 2.24) is 0 Å². The molecule has 0 aliphatic heterocycles. The summed E-state index contributed by atoms with van der Waals surface area (Å²) in [6.45, 7) is 2.20. The van der Waals surface area contributed by atoms with E-state index in [4.69, 9.17) is 9.30 Å². The molecule has 0 radical (unpaired) electrons. The van der Waals surface area contributed by atoms with E-state index in [1.165, 1.54) is 27.8 Å². The van der Waals surface area contributed by atoms with Crippen molar-refractivity contribution in [2.24, 2.45) is 0 Å². The third-order valence-corrected chi connectivity index (χ3v) is 3.14. The van der Waals surface area contributed by atoms with Crippen LogP contribution in [0.5, 0.6) is 0 Å². The summed E-state index contributed by atoms with van der Waals surface area (Å²) < 4.78 is 0. The summed E-state index contributed by atoms with van der Waals surface area (Å²) in [6.07, 6.45) is 3.42. The molecule has 0 bridgehead atoms. The van der Waals surface area contributed by atoms with Crippen LogP contribution in [-0.2, 0) is 22.4 Å². The van der Waals surface area contributed by atoms with Gasteiger partial charge in [-0.25, -0.2) is 0 Å². The Morgan fingerprint density at radius 1 is 1.05 bits per heavy atom. The molecule has 2 aromatic rings. The summed E-state index contributed by atoms with van der Waals surface area (Å²) in [5.74, 6) is 0. The molecule has 1 aliphatic rings. The van der Waals surface area contributed by atoms with E-state index in [9.17, 15) is 0 Å². The van der Waals surface area contributed by atoms with Gasteiger partial charge in [0.2, 0.25) is 0 Å². The van der Waals surface area contributed by atoms with Crippen LogP contribution in [-0.4, -0.2) is 0 Å². The van der Waals surface area contributed by atoms with Gasteiger partial charge in [-0.3, -0.25) is 0 Å². The Balaban J connectivity index is 0.000000408. The first-order valence-corrected chi connectivity index (χ1v) is 12.1. The number of hydrogen-bond donors (Lipinski definition) is 0. The summed E-state index contributed by atoms with van der Waals surface area (Å²) in [5, 5.41) is 0. The second-order valence-corrected chi connectivity index (χ2v) is 9.00. The minimum absolute atomic E-state index is 0.215. The number of rotatable bonds is 1. The average Bonchev–Trinajstić information content (AvgIpc) is 2.80. The van der Waals surface area contributed by atoms with Crippen LogP contribution in [0.1, 0.15) is 18.1 Å². The minimum atomic E-state index is -0.215. The van der Waals surface area contributed by atoms with Gasteiger partial charge in [-0.1, -0.05) is 60.2 Å². The van der Waals surface area contributed by atoms with Gasteiger partial charge in [0, 0.05) is 0 Å². The zero-order valence-corrected chi connectivity index (χ0v) is 14.6. The molecule has 0 spiro atoms. The van der Waals surface area contributed by atoms with E-state index < -0.39 is 0 Å². The van der Waals surface area contributed by atoms with Crippen LogP contribution in [0.25, 0.3) is 17.2 Å². The topological polar surface area (TPSA) is 0 Å². The first-order chi connectivity index (χ1) is 9.26. The molecule has 0 saturated heterocycles. The fourth-order valence-corrected chi connectivity index (χ4v) is 2.40. The van der Waals surface area contributed by atoms with Gasteiger partial charge in [-0.15, -0.1) is 0 Å². The van der Waals surface area contributed by atoms with E-state index in [0.29, 0.717) is 0 Å². The van der Waals surface area contributed by atoms with E-state index >= 15 is 0 Å². The van der Waals surface area contributed by atoms with Crippen LogP contribution in [0.4, 0.5) is 0 Å². The van der Waals surface area contributed by atoms with Gasteiger partial charge in [-0.05, 0) is 35.6 Å². The molecular formula is C16H14BrClTi. The molecule has 0 amide bonds. The SMILES string of the molecule is CC1=Cc2c(cccc2-c2ccccc2)C1.[Cl][Ti][Br]. The Hall–Kier alpha value is -0.336. The van der Waals surface area contributed by atoms with Crippen molar-refractivity contribution in [2.45, 2.75) is 13.3 Å². The molecule has 0 aromatic heterocycles. The Morgan fingerprint density at radius 2 is 1.74 bits per heavy atom. The van der Waals surface area contributed by atoms with Crippen LogP contribution in [0.3, 0.4) is 0 Å². The summed E-state index contributed by atoms with van der Waals surface area (Å²) in [5.41, 5.74) is 6.99. The number of halogens is 2. The molecule has 19 heavy (non-hydrogen) atoms. The molecule has 0 unspecified atom stereocenters. The molecule has 3 rings (SSSR count). The maximum absolute atomic E-state index is 5.04. The van der Waals surface area contributed by atoms with E-state index in [1.54, 1.807) is 0 Å². The number of allylic oxidation sites excluding steroid dienone is 1. The van der Waals surface area contributed by atoms with E-state index in [1.807, 2.05) is 0 Å². The molecule has 0 atom stereocenters. The van der Waals surface area contributed by atoms with Crippen molar-refractivity contribution in [3.8, 4) is 11.1 Å². The van der Waals surface area contributed by atoms with Crippen molar-refractivity contribution >= 4 is 28.5 Å². The van der Waals surface area contributed by atoms with Gasteiger partial charge < -0.3 is 0 Å². The molecular weight excluding hydrogens is 355 g/mol. The first kappa shape index (κ1) is 15.1. The van der Waals surface area contributed by atoms with Crippen molar-refractivity contribution in [3.63, 3.8) is 0 Å². The quantitative estimate of drug-likeness (QED) is 0.554. The predicted molar refractivity (Wildman–Crippen MR) is 84.0 cm³/mol. The molecule has 0 heterocycles. The van der Waals surface area contributed by atoms with Crippen LogP contribution in [0, 0.1) is 0 Å². The molecule has 0 nitrogen and oxygen atoms in total. The maximum atomic E-state index is 5.04. The summed E-state index contributed by atoms with van der Waals surface area (Å²) in [6, 6.07) is 17.2. The van der Waals surface area contributed by atoms with E-state index in [-0.39, 0.29) is 16.0 Å². The van der Waals surface area contributed by atoms with Crippen LogP contribution < -0.4 is 0 Å². The van der Waals surface area contributed by atoms with Crippen molar-refractivity contribution in [2.75, 3.05) is 0 Å². The zero-order valence-electron chi connectivity index (χ0n) is 10.7. The molecule has 0 saturated carbocycles. The number of fused-ring (bicyclic) bond motifs is 1. The number of benzene rings is 2. The second kappa shape index (κ2) is 7.45. The monoisotopic (exact) mass is 368 g/mol. The molecule has 96 valence electrons. The molecule has 1 aliphatic carbocycles. The summed E-state index contributed by atoms with van der Waals surface area (Å²) >= 11 is 2.82. The molecule has 3 heteroatoms. The van der Waals surface area contributed by atoms with Crippen LogP contribution in [0.2, 0.25) is 0 Å². The van der Waals surface area contributed by atoms with Gasteiger partial charge in [0.15, 0.2) is 0 Å². The third kappa shape index (κ3) is 3.82. The Labute approximate surface area is 133 Å². The van der Waals surface area contributed by atoms with E-state index in [0.717, 1.165) is 6.42 Å². The van der Waals surface area contributed by atoms with Gasteiger partial charge in [0.1, 0.15) is 0 Å². The summed E-state index contributed by atoms with van der Waals surface area (Å²) in [7, 11) is 5.04. The third-order valence-electron chi connectivity index (χ3n) is 3.14. The fraction of sp³-hybridized carbons (Fsp3) is 0.125. The molecule has 0 N–H and O–H groups in total. The summed E-state index contributed by atoms with van der Waals surface area (Å²) in [4.78, 5) is 0. The normalized spacial score (nSPS) is 12.1. The molecule has 2 aromatic carbocycles. The van der Waals surface area contributed by atoms with Gasteiger partial charge in [-0.2, -0.15) is 0 Å². The van der Waals surface area contributed by atoms with Gasteiger partial charge in [0.05, 0.1) is 0 Å². The van der Waals surface area contributed by atoms with Crippen LogP contribution in [0.15, 0.2) is 54.1 Å². The van der Waals surface area contributed by atoms with Crippen molar-refractivity contribution in [3.05, 3.63) is 65.2 Å². The Kier molecular flexibility index (Phi) is 5.90. The zero-order chi connectivity index (χ0) is 13.7. The average molecular weight is 370 g/mol. The van der Waals surface area contributed by atoms with Crippen LogP contribution >= 0.6 is 22.5 Å². The number of hydrogen-bond acceptors (Lipinski definition) is 0. The van der Waals surface area contributed by atoms with Crippen molar-refractivity contribution < 1.29 is 16.0 Å². The van der Waals surface area contributed by atoms with Crippen molar-refractivity contribution in [1.29, 1.82) is 0 Å².